The molecule has 9 heteroatoms. The van der Waals surface area contributed by atoms with Crippen LogP contribution in [-0.4, -0.2) is 36.3 Å². The van der Waals surface area contributed by atoms with Gasteiger partial charge in [-0.05, 0) is 42.4 Å². The Morgan fingerprint density at radius 3 is 2.79 bits per heavy atom. The molecule has 0 amide bonds. The molecule has 0 saturated heterocycles. The van der Waals surface area contributed by atoms with Gasteiger partial charge in [0, 0.05) is 23.0 Å². The maximum atomic E-state index is 11.8. The first-order chi connectivity index (χ1) is 11.3. The van der Waals surface area contributed by atoms with Crippen molar-refractivity contribution in [1.29, 1.82) is 0 Å². The summed E-state index contributed by atoms with van der Waals surface area (Å²) in [6.45, 7) is 2.09. The molecule has 2 aromatic rings. The van der Waals surface area contributed by atoms with Crippen molar-refractivity contribution >= 4 is 32.7 Å². The van der Waals surface area contributed by atoms with E-state index >= 15 is 0 Å². The molecule has 4 rings (SSSR count). The largest absolute Gasteiger partial charge is 0.385 e. The number of nitrogens with one attached hydrogen (secondary N) is 3. The summed E-state index contributed by atoms with van der Waals surface area (Å²) < 4.78 is 28.7. The maximum Gasteiger partial charge on any atom is 0.277 e. The zero-order valence-electron chi connectivity index (χ0n) is 13.1. The molecule has 4 atom stereocenters. The van der Waals surface area contributed by atoms with Crippen LogP contribution in [0.2, 0.25) is 5.02 Å². The molecule has 0 radical (unpaired) electrons. The highest BCUT2D eigenvalue weighted by Crippen LogP contribution is 2.60. The van der Waals surface area contributed by atoms with E-state index in [4.69, 9.17) is 11.6 Å². The molecule has 130 valence electrons. The van der Waals surface area contributed by atoms with Crippen LogP contribution in [0.1, 0.15) is 25.3 Å². The SMILES string of the molecule is CCNS(=O)(=O)NC1[C@H]2CC(O)(c3cc(Cl)cc4[nH]ncc34)C[C@@H]12. The lowest BCUT2D eigenvalue weighted by Gasteiger charge is -2.27. The van der Waals surface area contributed by atoms with Crippen molar-refractivity contribution in [3.05, 3.63) is 28.9 Å². The molecule has 0 bridgehead atoms. The minimum atomic E-state index is -3.46. The third-order valence-corrected chi connectivity index (χ3v) is 6.60. The molecule has 1 aromatic carbocycles. The van der Waals surface area contributed by atoms with E-state index in [1.807, 2.05) is 0 Å². The number of aliphatic hydroxyl groups is 1. The lowest BCUT2D eigenvalue weighted by Crippen LogP contribution is -2.40. The molecule has 2 fully saturated rings. The zero-order valence-corrected chi connectivity index (χ0v) is 14.7. The zero-order chi connectivity index (χ0) is 17.1. The first-order valence-corrected chi connectivity index (χ1v) is 9.81. The fourth-order valence-electron chi connectivity index (χ4n) is 4.07. The highest BCUT2D eigenvalue weighted by Gasteiger charge is 2.62. The van der Waals surface area contributed by atoms with Crippen LogP contribution in [0, 0.1) is 11.8 Å². The van der Waals surface area contributed by atoms with Gasteiger partial charge >= 0.3 is 0 Å². The van der Waals surface area contributed by atoms with Gasteiger partial charge in [-0.3, -0.25) is 5.10 Å². The second kappa shape index (κ2) is 5.40. The first-order valence-electron chi connectivity index (χ1n) is 7.95. The Labute approximate surface area is 145 Å². The Hall–Kier alpha value is -1.19. The van der Waals surface area contributed by atoms with Gasteiger partial charge in [0.15, 0.2) is 0 Å². The van der Waals surface area contributed by atoms with Gasteiger partial charge in [0.25, 0.3) is 10.2 Å². The normalized spacial score (nSPS) is 32.2. The maximum absolute atomic E-state index is 11.8. The molecule has 0 aliphatic heterocycles. The predicted molar refractivity (Wildman–Crippen MR) is 90.7 cm³/mol. The van der Waals surface area contributed by atoms with Gasteiger partial charge in [-0.15, -0.1) is 0 Å². The van der Waals surface area contributed by atoms with Crippen LogP contribution in [0.25, 0.3) is 10.9 Å². The van der Waals surface area contributed by atoms with E-state index in [9.17, 15) is 13.5 Å². The first kappa shape index (κ1) is 16.3. The number of aromatic amines is 1. The second-order valence-corrected chi connectivity index (χ2v) is 8.66. The molecule has 2 saturated carbocycles. The standard InChI is InChI=1S/C15H19ClN4O3S/c1-2-18-24(22,23)20-14-9-5-15(21,6-10(9)14)12-3-8(16)4-13-11(12)7-17-19-13/h3-4,7,9-10,14,18,20-21H,2,5-6H2,1H3,(H,17,19)/t9-,10+,14?,15?. The van der Waals surface area contributed by atoms with Crippen LogP contribution in [0.15, 0.2) is 18.3 Å². The number of halogens is 1. The van der Waals surface area contributed by atoms with Gasteiger partial charge in [-0.25, -0.2) is 4.72 Å². The summed E-state index contributed by atoms with van der Waals surface area (Å²) in [4.78, 5) is 0. The summed E-state index contributed by atoms with van der Waals surface area (Å²) in [5.41, 5.74) is 0.554. The van der Waals surface area contributed by atoms with E-state index in [1.165, 1.54) is 0 Å². The fraction of sp³-hybridized carbons (Fsp3) is 0.533. The van der Waals surface area contributed by atoms with Crippen LogP contribution in [0.3, 0.4) is 0 Å². The summed E-state index contributed by atoms with van der Waals surface area (Å²) in [6.07, 6.45) is 2.71. The molecule has 1 heterocycles. The highest BCUT2D eigenvalue weighted by molar-refractivity contribution is 7.87. The topological polar surface area (TPSA) is 107 Å². The van der Waals surface area contributed by atoms with Gasteiger partial charge in [0.05, 0.1) is 17.3 Å². The van der Waals surface area contributed by atoms with E-state index in [-0.39, 0.29) is 17.9 Å². The van der Waals surface area contributed by atoms with Gasteiger partial charge < -0.3 is 5.11 Å². The van der Waals surface area contributed by atoms with Gasteiger partial charge in [0.2, 0.25) is 0 Å². The van der Waals surface area contributed by atoms with Crippen molar-refractivity contribution in [2.24, 2.45) is 11.8 Å². The van der Waals surface area contributed by atoms with Crippen molar-refractivity contribution in [3.63, 3.8) is 0 Å². The average molecular weight is 371 g/mol. The Morgan fingerprint density at radius 1 is 1.42 bits per heavy atom. The summed E-state index contributed by atoms with van der Waals surface area (Å²) in [7, 11) is -3.46. The Bertz CT molecular complexity index is 885. The van der Waals surface area contributed by atoms with Crippen molar-refractivity contribution in [2.45, 2.75) is 31.4 Å². The third kappa shape index (κ3) is 2.62. The molecule has 0 spiro atoms. The van der Waals surface area contributed by atoms with Crippen LogP contribution in [0.5, 0.6) is 0 Å². The number of H-pyrrole nitrogens is 1. The second-order valence-electron chi connectivity index (χ2n) is 6.70. The van der Waals surface area contributed by atoms with E-state index in [1.54, 1.807) is 25.3 Å². The summed E-state index contributed by atoms with van der Waals surface area (Å²) in [5, 5.41) is 19.4. The van der Waals surface area contributed by atoms with Crippen molar-refractivity contribution in [3.8, 4) is 0 Å². The minimum absolute atomic E-state index is 0.103. The Balaban J connectivity index is 1.55. The molecule has 2 unspecified atom stereocenters. The van der Waals surface area contributed by atoms with Crippen LogP contribution < -0.4 is 9.44 Å². The van der Waals surface area contributed by atoms with E-state index in [0.29, 0.717) is 24.4 Å². The molecule has 4 N–H and O–H groups in total. The fourth-order valence-corrected chi connectivity index (χ4v) is 5.46. The van der Waals surface area contributed by atoms with Crippen LogP contribution >= 0.6 is 11.6 Å². The van der Waals surface area contributed by atoms with Crippen molar-refractivity contribution < 1.29 is 13.5 Å². The van der Waals surface area contributed by atoms with Gasteiger partial charge in [0.1, 0.15) is 0 Å². The summed E-state index contributed by atoms with van der Waals surface area (Å²) in [6, 6.07) is 3.45. The highest BCUT2D eigenvalue weighted by atomic mass is 35.5. The third-order valence-electron chi connectivity index (χ3n) is 5.13. The number of rotatable bonds is 5. The smallest absolute Gasteiger partial charge is 0.277 e. The number of hydrogen-bond acceptors (Lipinski definition) is 4. The average Bonchev–Trinajstić information content (AvgIpc) is 2.90. The quantitative estimate of drug-likeness (QED) is 0.635. The summed E-state index contributed by atoms with van der Waals surface area (Å²) >= 11 is 6.16. The predicted octanol–water partition coefficient (Wildman–Crippen LogP) is 1.26. The molecule has 24 heavy (non-hydrogen) atoms. The number of aromatic nitrogens is 2. The van der Waals surface area contributed by atoms with Crippen LogP contribution in [0.4, 0.5) is 0 Å². The number of benzene rings is 1. The molecular formula is C15H19ClN4O3S. The summed E-state index contributed by atoms with van der Waals surface area (Å²) in [5.74, 6) is 0.286. The monoisotopic (exact) mass is 370 g/mol. The number of nitrogens with zero attached hydrogens (tertiary/aromatic N) is 1. The lowest BCUT2D eigenvalue weighted by atomic mass is 9.86. The van der Waals surface area contributed by atoms with Crippen LogP contribution in [-0.2, 0) is 15.8 Å². The van der Waals surface area contributed by atoms with Crippen molar-refractivity contribution in [2.75, 3.05) is 6.54 Å². The van der Waals surface area contributed by atoms with E-state index in [2.05, 4.69) is 19.6 Å². The molecule has 7 nitrogen and oxygen atoms in total. The van der Waals surface area contributed by atoms with E-state index in [0.717, 1.165) is 16.5 Å². The molecular weight excluding hydrogens is 352 g/mol. The van der Waals surface area contributed by atoms with Crippen molar-refractivity contribution in [1.82, 2.24) is 19.6 Å². The molecule has 2 aliphatic carbocycles. The number of hydrogen-bond donors (Lipinski definition) is 4. The van der Waals surface area contributed by atoms with E-state index < -0.39 is 15.8 Å². The Morgan fingerprint density at radius 2 is 2.12 bits per heavy atom. The Kier molecular flexibility index (Phi) is 3.67. The van der Waals surface area contributed by atoms with Gasteiger partial charge in [-0.1, -0.05) is 18.5 Å². The molecule has 1 aromatic heterocycles. The molecule has 2 aliphatic rings. The van der Waals surface area contributed by atoms with Gasteiger partial charge in [-0.2, -0.15) is 18.2 Å². The lowest BCUT2D eigenvalue weighted by molar-refractivity contribution is 0.0303. The number of fused-ring (bicyclic) bond motifs is 2. The minimum Gasteiger partial charge on any atom is -0.385 e.